The molecule has 86 valence electrons. The van der Waals surface area contributed by atoms with Crippen molar-refractivity contribution in [3.8, 4) is 5.75 Å². The Labute approximate surface area is 101 Å². The molecule has 2 heterocycles. The van der Waals surface area contributed by atoms with Crippen LogP contribution in [0.3, 0.4) is 0 Å². The molecule has 0 saturated carbocycles. The van der Waals surface area contributed by atoms with Gasteiger partial charge in [0.15, 0.2) is 0 Å². The van der Waals surface area contributed by atoms with Crippen LogP contribution < -0.4 is 10.1 Å². The molecule has 2 atom stereocenters. The van der Waals surface area contributed by atoms with E-state index in [4.69, 9.17) is 4.74 Å². The van der Waals surface area contributed by atoms with Crippen LogP contribution in [0.5, 0.6) is 5.75 Å². The molecule has 2 nitrogen and oxygen atoms in total. The van der Waals surface area contributed by atoms with Gasteiger partial charge in [-0.15, -0.1) is 0 Å². The third-order valence-electron chi connectivity index (χ3n) is 3.42. The summed E-state index contributed by atoms with van der Waals surface area (Å²) in [7, 11) is 0. The Balaban J connectivity index is 1.75. The number of thioether (sulfide) groups is 1. The van der Waals surface area contributed by atoms with Crippen molar-refractivity contribution in [3.63, 3.8) is 0 Å². The van der Waals surface area contributed by atoms with E-state index in [-0.39, 0.29) is 0 Å². The van der Waals surface area contributed by atoms with Crippen LogP contribution in [0.1, 0.15) is 18.9 Å². The Kier molecular flexibility index (Phi) is 2.72. The largest absolute Gasteiger partial charge is 0.493 e. The highest BCUT2D eigenvalue weighted by Gasteiger charge is 2.24. The number of fused-ring (bicyclic) bond motifs is 1. The topological polar surface area (TPSA) is 21.3 Å². The molecule has 2 unspecified atom stereocenters. The first kappa shape index (κ1) is 10.3. The van der Waals surface area contributed by atoms with Crippen molar-refractivity contribution in [2.45, 2.75) is 31.1 Å². The summed E-state index contributed by atoms with van der Waals surface area (Å²) in [6.45, 7) is 3.15. The lowest BCUT2D eigenvalue weighted by molar-refractivity contribution is 0.357. The van der Waals surface area contributed by atoms with Gasteiger partial charge in [0.05, 0.1) is 6.61 Å². The molecule has 0 spiro atoms. The zero-order chi connectivity index (χ0) is 11.0. The van der Waals surface area contributed by atoms with Gasteiger partial charge in [-0.1, -0.05) is 6.92 Å². The summed E-state index contributed by atoms with van der Waals surface area (Å²) in [6, 6.07) is 7.11. The molecule has 0 aliphatic carbocycles. The van der Waals surface area contributed by atoms with E-state index in [0.717, 1.165) is 24.0 Å². The van der Waals surface area contributed by atoms with E-state index in [1.165, 1.54) is 23.4 Å². The van der Waals surface area contributed by atoms with E-state index >= 15 is 0 Å². The molecule has 1 saturated heterocycles. The fourth-order valence-electron chi connectivity index (χ4n) is 2.41. The number of rotatable bonds is 2. The Morgan fingerprint density at radius 3 is 3.19 bits per heavy atom. The van der Waals surface area contributed by atoms with Crippen LogP contribution in [0.15, 0.2) is 18.2 Å². The molecule has 2 aliphatic heterocycles. The molecule has 3 rings (SSSR count). The minimum absolute atomic E-state index is 0.630. The quantitative estimate of drug-likeness (QED) is 0.851. The zero-order valence-corrected chi connectivity index (χ0v) is 10.3. The summed E-state index contributed by atoms with van der Waals surface area (Å²) in [4.78, 5) is 0. The van der Waals surface area contributed by atoms with Crippen LogP contribution in [0.4, 0.5) is 5.69 Å². The minimum atomic E-state index is 0.630. The van der Waals surface area contributed by atoms with Crippen LogP contribution in [-0.2, 0) is 6.42 Å². The molecule has 1 fully saturated rings. The Morgan fingerprint density at radius 1 is 1.44 bits per heavy atom. The number of hydrogen-bond acceptors (Lipinski definition) is 3. The maximum absolute atomic E-state index is 5.51. The van der Waals surface area contributed by atoms with Crippen molar-refractivity contribution in [2.75, 3.05) is 17.7 Å². The lowest BCUT2D eigenvalue weighted by Crippen LogP contribution is -2.24. The fourth-order valence-corrected chi connectivity index (χ4v) is 3.61. The van der Waals surface area contributed by atoms with Gasteiger partial charge in [-0.3, -0.25) is 0 Å². The first-order valence-corrected chi connectivity index (χ1v) is 7.02. The van der Waals surface area contributed by atoms with Gasteiger partial charge in [-0.05, 0) is 35.9 Å². The van der Waals surface area contributed by atoms with Crippen LogP contribution in [-0.4, -0.2) is 23.7 Å². The predicted molar refractivity (Wildman–Crippen MR) is 69.6 cm³/mol. The van der Waals surface area contributed by atoms with E-state index in [1.54, 1.807) is 0 Å². The van der Waals surface area contributed by atoms with Crippen molar-refractivity contribution in [1.82, 2.24) is 0 Å². The summed E-state index contributed by atoms with van der Waals surface area (Å²) in [5, 5.41) is 4.37. The molecular weight excluding hydrogens is 218 g/mol. The average molecular weight is 235 g/mol. The molecule has 1 aromatic rings. The summed E-state index contributed by atoms with van der Waals surface area (Å²) in [5.41, 5.74) is 2.60. The van der Waals surface area contributed by atoms with E-state index in [0.29, 0.717) is 6.04 Å². The van der Waals surface area contributed by atoms with Crippen molar-refractivity contribution < 1.29 is 4.74 Å². The van der Waals surface area contributed by atoms with Gasteiger partial charge in [0.2, 0.25) is 0 Å². The number of anilines is 1. The third kappa shape index (κ3) is 1.88. The number of ether oxygens (including phenoxy) is 1. The van der Waals surface area contributed by atoms with Crippen molar-refractivity contribution >= 4 is 17.4 Å². The molecule has 1 N–H and O–H groups in total. The smallest absolute Gasteiger partial charge is 0.122 e. The Bertz CT molecular complexity index is 394. The van der Waals surface area contributed by atoms with Crippen LogP contribution >= 0.6 is 11.8 Å². The van der Waals surface area contributed by atoms with Crippen molar-refractivity contribution in [1.29, 1.82) is 0 Å². The molecule has 1 aromatic carbocycles. The molecular formula is C13H17NOS. The normalized spacial score (nSPS) is 27.6. The first-order chi connectivity index (χ1) is 7.83. The van der Waals surface area contributed by atoms with Crippen LogP contribution in [0, 0.1) is 0 Å². The Hall–Kier alpha value is -0.830. The molecule has 0 amide bonds. The lowest BCUT2D eigenvalue weighted by Gasteiger charge is -2.18. The maximum Gasteiger partial charge on any atom is 0.122 e. The highest BCUT2D eigenvalue weighted by Crippen LogP contribution is 2.32. The maximum atomic E-state index is 5.51. The number of nitrogens with one attached hydrogen (secondary N) is 1. The molecule has 0 bridgehead atoms. The summed E-state index contributed by atoms with van der Waals surface area (Å²) >= 11 is 2.06. The molecule has 3 heteroatoms. The van der Waals surface area contributed by atoms with Gasteiger partial charge in [0, 0.05) is 23.4 Å². The van der Waals surface area contributed by atoms with Gasteiger partial charge in [-0.2, -0.15) is 11.8 Å². The van der Waals surface area contributed by atoms with Gasteiger partial charge in [-0.25, -0.2) is 0 Å². The standard InChI is InChI=1S/C13H17NOS/c1-9-12(5-7-16-9)14-11-2-3-13-10(8-11)4-6-15-13/h2-3,8-9,12,14H,4-7H2,1H3. The average Bonchev–Trinajstić information content (AvgIpc) is 2.88. The van der Waals surface area contributed by atoms with Crippen LogP contribution in [0.2, 0.25) is 0 Å². The second-order valence-corrected chi connectivity index (χ2v) is 6.02. The molecule has 0 radical (unpaired) electrons. The number of benzene rings is 1. The van der Waals surface area contributed by atoms with Crippen molar-refractivity contribution in [2.24, 2.45) is 0 Å². The second-order valence-electron chi connectivity index (χ2n) is 4.54. The predicted octanol–water partition coefficient (Wildman–Crippen LogP) is 2.93. The van der Waals surface area contributed by atoms with E-state index in [1.807, 2.05) is 0 Å². The van der Waals surface area contributed by atoms with Gasteiger partial charge < -0.3 is 10.1 Å². The molecule has 16 heavy (non-hydrogen) atoms. The van der Waals surface area contributed by atoms with E-state index in [2.05, 4.69) is 42.2 Å². The van der Waals surface area contributed by atoms with E-state index in [9.17, 15) is 0 Å². The second kappa shape index (κ2) is 4.21. The first-order valence-electron chi connectivity index (χ1n) is 5.97. The number of hydrogen-bond donors (Lipinski definition) is 1. The summed E-state index contributed by atoms with van der Waals surface area (Å²) < 4.78 is 5.51. The highest BCUT2D eigenvalue weighted by atomic mass is 32.2. The Morgan fingerprint density at radius 2 is 2.38 bits per heavy atom. The summed E-state index contributed by atoms with van der Waals surface area (Å²) in [5.74, 6) is 2.35. The fraction of sp³-hybridized carbons (Fsp3) is 0.538. The molecule has 0 aromatic heterocycles. The van der Waals surface area contributed by atoms with Crippen LogP contribution in [0.25, 0.3) is 0 Å². The van der Waals surface area contributed by atoms with Gasteiger partial charge in [0.25, 0.3) is 0 Å². The summed E-state index contributed by atoms with van der Waals surface area (Å²) in [6.07, 6.45) is 2.33. The molecule has 2 aliphatic rings. The monoisotopic (exact) mass is 235 g/mol. The highest BCUT2D eigenvalue weighted by molar-refractivity contribution is 8.00. The van der Waals surface area contributed by atoms with Gasteiger partial charge in [0.1, 0.15) is 5.75 Å². The zero-order valence-electron chi connectivity index (χ0n) is 9.53. The van der Waals surface area contributed by atoms with Gasteiger partial charge >= 0.3 is 0 Å². The van der Waals surface area contributed by atoms with Crippen molar-refractivity contribution in [3.05, 3.63) is 23.8 Å². The minimum Gasteiger partial charge on any atom is -0.493 e. The SMILES string of the molecule is CC1SCCC1Nc1ccc2c(c1)CCO2. The lowest BCUT2D eigenvalue weighted by atomic mass is 10.1. The third-order valence-corrected chi connectivity index (χ3v) is 4.74. The van der Waals surface area contributed by atoms with E-state index < -0.39 is 0 Å².